The van der Waals surface area contributed by atoms with Crippen molar-refractivity contribution in [3.05, 3.63) is 0 Å². The van der Waals surface area contributed by atoms with Crippen molar-refractivity contribution in [1.82, 2.24) is 0 Å². The largest absolute Gasteiger partial charge is 0.470 e. The first-order chi connectivity index (χ1) is 11.4. The highest BCUT2D eigenvalue weighted by atomic mass is 31.2. The Hall–Kier alpha value is 0.210. The highest BCUT2D eigenvalue weighted by molar-refractivity contribution is 7.46. The number of aliphatic hydroxyl groups is 3. The molecule has 1 rings (SSSR count). The zero-order chi connectivity index (χ0) is 20.7. The van der Waals surface area contributed by atoms with Crippen LogP contribution < -0.4 is 0 Å². The number of hydrogen-bond acceptors (Lipinski definition) is 9. The summed E-state index contributed by atoms with van der Waals surface area (Å²) in [6, 6.07) is 0. The maximum atomic E-state index is 11.2. The maximum absolute atomic E-state index is 11.2. The van der Waals surface area contributed by atoms with Gasteiger partial charge in [-0.2, -0.15) is 0 Å². The molecule has 26 heavy (non-hydrogen) atoms. The van der Waals surface area contributed by atoms with Gasteiger partial charge in [0, 0.05) is 0 Å². The predicted molar refractivity (Wildman–Crippen MR) is 78.0 cm³/mol. The van der Waals surface area contributed by atoms with Crippen molar-refractivity contribution in [2.24, 2.45) is 0 Å². The number of aliphatic hydroxyl groups excluding tert-OH is 3. The van der Waals surface area contributed by atoms with E-state index in [4.69, 9.17) is 29.4 Å². The molecular formula is C8H19O15P3. The van der Waals surface area contributed by atoms with Crippen LogP contribution in [0.4, 0.5) is 0 Å². The molecule has 1 fully saturated rings. The summed E-state index contributed by atoms with van der Waals surface area (Å²) < 4.78 is 46.1. The average molecular weight is 448 g/mol. The topological polar surface area (TPSA) is 261 Å². The molecule has 0 amide bonds. The van der Waals surface area contributed by atoms with E-state index in [9.17, 15) is 29.0 Å². The van der Waals surface area contributed by atoms with Crippen molar-refractivity contribution in [2.75, 3.05) is 0 Å². The molecule has 1 aliphatic rings. The second kappa shape index (κ2) is 7.91. The third-order valence-electron chi connectivity index (χ3n) is 3.64. The fourth-order valence-corrected chi connectivity index (χ4v) is 4.63. The summed E-state index contributed by atoms with van der Waals surface area (Å²) in [7, 11) is -16.3. The van der Waals surface area contributed by atoms with Crippen molar-refractivity contribution in [1.29, 1.82) is 0 Å². The van der Waals surface area contributed by atoms with Crippen LogP contribution in [0.5, 0.6) is 0 Å². The number of rotatable bonds is 7. The lowest BCUT2D eigenvalue weighted by molar-refractivity contribution is -0.256. The molecule has 0 radical (unpaired) electrons. The summed E-state index contributed by atoms with van der Waals surface area (Å²) in [6.07, 6.45) is -12.8. The third kappa shape index (κ3) is 5.85. The van der Waals surface area contributed by atoms with Gasteiger partial charge in [-0.15, -0.1) is 0 Å². The highest BCUT2D eigenvalue weighted by Crippen LogP contribution is 2.54. The molecule has 0 saturated heterocycles. The van der Waals surface area contributed by atoms with Gasteiger partial charge in [-0.25, -0.2) is 13.7 Å². The molecule has 0 aliphatic heterocycles. The Morgan fingerprint density at radius 3 is 1.62 bits per heavy atom. The van der Waals surface area contributed by atoms with E-state index in [0.717, 1.165) is 6.92 Å². The lowest BCUT2D eigenvalue weighted by atomic mass is 9.73. The van der Waals surface area contributed by atoms with Gasteiger partial charge in [-0.05, 0) is 6.42 Å². The molecule has 6 atom stereocenters. The second-order valence-corrected chi connectivity index (χ2v) is 8.94. The standard InChI is InChI=1S/C8H19O15P3/c1-2-8(23-26(18,19)20)6(11)3(9)5(21-24(12,13)14)4(10)7(8)22-25(15,16)17/h3-7,9-11H,2H2,1H3,(H2,12,13,14)(H2,15,16,17)(H2,18,19,20)/t3-,4-,5+,6-,7+,8+/m0/s1. The summed E-state index contributed by atoms with van der Waals surface area (Å²) in [5.41, 5.74) is -2.77. The summed E-state index contributed by atoms with van der Waals surface area (Å²) in [6.45, 7) is 1.11. The zero-order valence-corrected chi connectivity index (χ0v) is 15.6. The van der Waals surface area contributed by atoms with E-state index in [1.165, 1.54) is 0 Å². The van der Waals surface area contributed by atoms with Crippen molar-refractivity contribution in [3.8, 4) is 0 Å². The number of phosphoric acid groups is 3. The molecule has 18 heteroatoms. The van der Waals surface area contributed by atoms with Gasteiger partial charge in [0.25, 0.3) is 0 Å². The first-order valence-electron chi connectivity index (χ1n) is 6.72. The monoisotopic (exact) mass is 448 g/mol. The SMILES string of the molecule is CC[C@]1(OP(=O)(O)O)[C@H](OP(=O)(O)O)[C@@H](O)[C@H](OP(=O)(O)O)[C@H](O)[C@@H]1O. The van der Waals surface area contributed by atoms with Crippen LogP contribution in [0.25, 0.3) is 0 Å². The fraction of sp³-hybridized carbons (Fsp3) is 1.00. The zero-order valence-electron chi connectivity index (χ0n) is 12.9. The van der Waals surface area contributed by atoms with Crippen LogP contribution >= 0.6 is 23.5 Å². The number of hydrogen-bond donors (Lipinski definition) is 9. The van der Waals surface area contributed by atoms with Gasteiger partial charge in [0.1, 0.15) is 36.1 Å². The summed E-state index contributed by atoms with van der Waals surface area (Å²) in [5, 5.41) is 30.4. The van der Waals surface area contributed by atoms with E-state index in [1.54, 1.807) is 0 Å². The molecule has 1 aliphatic carbocycles. The Bertz CT molecular complexity index is 635. The summed E-state index contributed by atoms with van der Waals surface area (Å²) in [5.74, 6) is 0. The van der Waals surface area contributed by atoms with Crippen LogP contribution in [-0.2, 0) is 27.3 Å². The molecule has 156 valence electrons. The number of phosphoric ester groups is 3. The quantitative estimate of drug-likeness (QED) is 0.179. The van der Waals surface area contributed by atoms with Crippen molar-refractivity contribution >= 4 is 23.5 Å². The summed E-state index contributed by atoms with van der Waals surface area (Å²) in [4.78, 5) is 53.7. The lowest BCUT2D eigenvalue weighted by Gasteiger charge is -2.51. The Balaban J connectivity index is 3.50. The summed E-state index contributed by atoms with van der Waals surface area (Å²) >= 11 is 0. The Labute approximate surface area is 145 Å². The molecular weight excluding hydrogens is 429 g/mol. The van der Waals surface area contributed by atoms with Crippen LogP contribution in [0, 0.1) is 0 Å². The molecule has 1 saturated carbocycles. The molecule has 15 nitrogen and oxygen atoms in total. The van der Waals surface area contributed by atoms with Gasteiger partial charge in [0.05, 0.1) is 0 Å². The first kappa shape index (κ1) is 24.2. The van der Waals surface area contributed by atoms with E-state index >= 15 is 0 Å². The maximum Gasteiger partial charge on any atom is 0.470 e. The van der Waals surface area contributed by atoms with Gasteiger partial charge in [-0.3, -0.25) is 13.6 Å². The van der Waals surface area contributed by atoms with Gasteiger partial charge in [-0.1, -0.05) is 6.92 Å². The van der Waals surface area contributed by atoms with E-state index < -0.39 is 66.0 Å². The van der Waals surface area contributed by atoms with Crippen molar-refractivity contribution in [3.63, 3.8) is 0 Å². The molecule has 0 spiro atoms. The molecule has 0 unspecified atom stereocenters. The molecule has 0 aromatic carbocycles. The van der Waals surface area contributed by atoms with Crippen molar-refractivity contribution in [2.45, 2.75) is 49.5 Å². The van der Waals surface area contributed by atoms with Gasteiger partial charge >= 0.3 is 23.5 Å². The van der Waals surface area contributed by atoms with Crippen LogP contribution in [0.15, 0.2) is 0 Å². The van der Waals surface area contributed by atoms with Gasteiger partial charge < -0.3 is 44.7 Å². The minimum Gasteiger partial charge on any atom is -0.387 e. The van der Waals surface area contributed by atoms with Crippen LogP contribution in [0.3, 0.4) is 0 Å². The molecule has 0 heterocycles. The third-order valence-corrected chi connectivity index (χ3v) is 5.24. The molecule has 9 N–H and O–H groups in total. The smallest absolute Gasteiger partial charge is 0.387 e. The average Bonchev–Trinajstić information content (AvgIpc) is 2.42. The Morgan fingerprint density at radius 2 is 1.27 bits per heavy atom. The first-order valence-corrected chi connectivity index (χ1v) is 11.3. The van der Waals surface area contributed by atoms with Gasteiger partial charge in [0.15, 0.2) is 0 Å². The van der Waals surface area contributed by atoms with Crippen LogP contribution in [-0.4, -0.2) is 80.8 Å². The van der Waals surface area contributed by atoms with E-state index in [0.29, 0.717) is 0 Å². The van der Waals surface area contributed by atoms with Gasteiger partial charge in [0.2, 0.25) is 0 Å². The van der Waals surface area contributed by atoms with Crippen LogP contribution in [0.2, 0.25) is 0 Å². The molecule has 0 aromatic rings. The minimum absolute atomic E-state index is 0.666. The Kier molecular flexibility index (Phi) is 7.38. The van der Waals surface area contributed by atoms with Crippen molar-refractivity contribution < 1.29 is 71.9 Å². The molecule has 0 aromatic heterocycles. The highest BCUT2D eigenvalue weighted by Gasteiger charge is 2.64. The van der Waals surface area contributed by atoms with Crippen LogP contribution in [0.1, 0.15) is 13.3 Å². The second-order valence-electron chi connectivity index (χ2n) is 5.39. The fourth-order valence-electron chi connectivity index (χ4n) is 2.69. The van der Waals surface area contributed by atoms with E-state index in [1.807, 2.05) is 0 Å². The Morgan fingerprint density at radius 1 is 0.808 bits per heavy atom. The normalized spacial score (nSPS) is 36.9. The minimum atomic E-state index is -5.49. The van der Waals surface area contributed by atoms with E-state index in [2.05, 4.69) is 13.6 Å². The lowest BCUT2D eigenvalue weighted by Crippen LogP contribution is -2.71. The predicted octanol–water partition coefficient (Wildman–Crippen LogP) is -2.70. The molecule has 0 bridgehead atoms. The van der Waals surface area contributed by atoms with E-state index in [-0.39, 0.29) is 0 Å².